The molecule has 2 N–H and O–H groups in total. The molecule has 0 aliphatic carbocycles. The maximum Gasteiger partial charge on any atom is 0.339 e. The fourth-order valence-electron chi connectivity index (χ4n) is 2.14. The average molecular weight is 327 g/mol. The number of esters is 1. The highest BCUT2D eigenvalue weighted by Crippen LogP contribution is 2.20. The van der Waals surface area contributed by atoms with Crippen LogP contribution in [0.4, 0.5) is 11.5 Å². The minimum atomic E-state index is -0.438. The fourth-order valence-corrected chi connectivity index (χ4v) is 2.14. The Labute approximate surface area is 141 Å². The second-order valence-electron chi connectivity index (χ2n) is 5.20. The van der Waals surface area contributed by atoms with Gasteiger partial charge in [0.05, 0.1) is 18.4 Å². The number of benzene rings is 1. The number of hydrogen-bond acceptors (Lipinski definition) is 5. The van der Waals surface area contributed by atoms with Crippen molar-refractivity contribution in [3.63, 3.8) is 0 Å². The van der Waals surface area contributed by atoms with Crippen molar-refractivity contribution < 1.29 is 14.3 Å². The van der Waals surface area contributed by atoms with Crippen LogP contribution in [0.25, 0.3) is 0 Å². The van der Waals surface area contributed by atoms with Crippen molar-refractivity contribution >= 4 is 23.4 Å². The van der Waals surface area contributed by atoms with E-state index in [0.717, 1.165) is 12.8 Å². The van der Waals surface area contributed by atoms with Gasteiger partial charge >= 0.3 is 5.97 Å². The second-order valence-corrected chi connectivity index (χ2v) is 5.20. The number of para-hydroxylation sites is 1. The molecule has 0 fully saturated rings. The molecule has 6 nitrogen and oxygen atoms in total. The Kier molecular flexibility index (Phi) is 6.31. The molecule has 6 heteroatoms. The summed E-state index contributed by atoms with van der Waals surface area (Å²) < 4.78 is 4.77. The minimum absolute atomic E-state index is 0.143. The molecule has 0 radical (unpaired) electrons. The zero-order valence-electron chi connectivity index (χ0n) is 13.8. The van der Waals surface area contributed by atoms with Crippen molar-refractivity contribution in [3.8, 4) is 0 Å². The Balaban J connectivity index is 2.15. The van der Waals surface area contributed by atoms with E-state index >= 15 is 0 Å². The molecule has 2 aromatic rings. The highest BCUT2D eigenvalue weighted by Gasteiger charge is 2.12. The normalized spacial score (nSPS) is 10.1. The van der Waals surface area contributed by atoms with Gasteiger partial charge in [0.2, 0.25) is 0 Å². The van der Waals surface area contributed by atoms with E-state index in [1.54, 1.807) is 42.6 Å². The number of carbonyl (C=O) groups is 2. The van der Waals surface area contributed by atoms with Crippen molar-refractivity contribution in [2.24, 2.45) is 0 Å². The van der Waals surface area contributed by atoms with Gasteiger partial charge in [-0.2, -0.15) is 0 Å². The number of amides is 1. The van der Waals surface area contributed by atoms with Crippen molar-refractivity contribution in [2.75, 3.05) is 19.0 Å². The van der Waals surface area contributed by atoms with Crippen LogP contribution < -0.4 is 10.6 Å². The van der Waals surface area contributed by atoms with Crippen LogP contribution in [-0.4, -0.2) is 30.5 Å². The molecule has 0 aliphatic rings. The summed E-state index contributed by atoms with van der Waals surface area (Å²) in [7, 11) is 1.33. The number of nitrogens with one attached hydrogen (secondary N) is 2. The van der Waals surface area contributed by atoms with Gasteiger partial charge in [-0.05, 0) is 30.7 Å². The largest absolute Gasteiger partial charge is 0.465 e. The molecule has 0 saturated heterocycles. The summed E-state index contributed by atoms with van der Waals surface area (Å²) in [6, 6.07) is 10.3. The van der Waals surface area contributed by atoms with Gasteiger partial charge < -0.3 is 15.4 Å². The molecule has 0 aliphatic heterocycles. The number of anilines is 2. The topological polar surface area (TPSA) is 80.3 Å². The maximum absolute atomic E-state index is 12.1. The summed E-state index contributed by atoms with van der Waals surface area (Å²) in [4.78, 5) is 28.1. The number of unbranched alkanes of at least 4 members (excludes halogenated alkanes) is 1. The first kappa shape index (κ1) is 17.5. The van der Waals surface area contributed by atoms with E-state index in [0.29, 0.717) is 29.2 Å². The van der Waals surface area contributed by atoms with Gasteiger partial charge in [0, 0.05) is 18.3 Å². The van der Waals surface area contributed by atoms with Crippen LogP contribution in [0.5, 0.6) is 0 Å². The molecular formula is C18H21N3O3. The van der Waals surface area contributed by atoms with Crippen molar-refractivity contribution in [3.05, 3.63) is 53.7 Å². The zero-order valence-corrected chi connectivity index (χ0v) is 13.8. The van der Waals surface area contributed by atoms with Crippen LogP contribution in [0.1, 0.15) is 40.5 Å². The van der Waals surface area contributed by atoms with E-state index in [1.807, 2.05) is 0 Å². The van der Waals surface area contributed by atoms with Gasteiger partial charge in [-0.25, -0.2) is 9.78 Å². The van der Waals surface area contributed by atoms with Gasteiger partial charge in [0.25, 0.3) is 5.91 Å². The fraction of sp³-hybridized carbons (Fsp3) is 0.278. The standard InChI is InChI=1S/C18H21N3O3/c1-3-4-10-20-17(22)13-9-11-19-16(12-13)21-15-8-6-5-7-14(15)18(23)24-2/h5-9,11-12H,3-4,10H2,1-2H3,(H,19,21)(H,20,22). The first-order valence-electron chi connectivity index (χ1n) is 7.84. The predicted octanol–water partition coefficient (Wildman–Crippen LogP) is 3.14. The summed E-state index contributed by atoms with van der Waals surface area (Å²) >= 11 is 0. The molecule has 1 amide bonds. The molecule has 24 heavy (non-hydrogen) atoms. The number of carbonyl (C=O) groups excluding carboxylic acids is 2. The molecule has 0 bridgehead atoms. The molecule has 1 aromatic carbocycles. The number of aromatic nitrogens is 1. The van der Waals surface area contributed by atoms with Crippen molar-refractivity contribution in [1.29, 1.82) is 0 Å². The van der Waals surface area contributed by atoms with Crippen LogP contribution in [0.3, 0.4) is 0 Å². The summed E-state index contributed by atoms with van der Waals surface area (Å²) in [5, 5.41) is 5.92. The van der Waals surface area contributed by atoms with E-state index in [2.05, 4.69) is 22.5 Å². The summed E-state index contributed by atoms with van der Waals surface area (Å²) in [5.74, 6) is -0.101. The lowest BCUT2D eigenvalue weighted by Gasteiger charge is -2.11. The van der Waals surface area contributed by atoms with E-state index < -0.39 is 5.97 Å². The van der Waals surface area contributed by atoms with Gasteiger partial charge in [-0.1, -0.05) is 25.5 Å². The zero-order chi connectivity index (χ0) is 17.4. The Morgan fingerprint density at radius 1 is 1.21 bits per heavy atom. The molecule has 1 aromatic heterocycles. The molecule has 126 valence electrons. The van der Waals surface area contributed by atoms with Crippen LogP contribution in [0, 0.1) is 0 Å². The Morgan fingerprint density at radius 3 is 2.75 bits per heavy atom. The third-order valence-corrected chi connectivity index (χ3v) is 3.43. The summed E-state index contributed by atoms with van der Waals surface area (Å²) in [6.45, 7) is 2.71. The van der Waals surface area contributed by atoms with Crippen LogP contribution in [0.15, 0.2) is 42.6 Å². The maximum atomic E-state index is 12.1. The highest BCUT2D eigenvalue weighted by atomic mass is 16.5. The Morgan fingerprint density at radius 2 is 2.00 bits per heavy atom. The van der Waals surface area contributed by atoms with Crippen molar-refractivity contribution in [2.45, 2.75) is 19.8 Å². The SMILES string of the molecule is CCCCNC(=O)c1ccnc(Nc2ccccc2C(=O)OC)c1. The Hall–Kier alpha value is -2.89. The third kappa shape index (κ3) is 4.55. The van der Waals surface area contributed by atoms with Crippen LogP contribution in [-0.2, 0) is 4.74 Å². The van der Waals surface area contributed by atoms with Crippen LogP contribution in [0.2, 0.25) is 0 Å². The quantitative estimate of drug-likeness (QED) is 0.603. The molecule has 1 heterocycles. The molecule has 0 atom stereocenters. The van der Waals surface area contributed by atoms with E-state index in [9.17, 15) is 9.59 Å². The minimum Gasteiger partial charge on any atom is -0.465 e. The highest BCUT2D eigenvalue weighted by molar-refractivity contribution is 5.97. The van der Waals surface area contributed by atoms with Gasteiger partial charge in [0.1, 0.15) is 5.82 Å². The number of hydrogen-bond donors (Lipinski definition) is 2. The molecule has 0 saturated carbocycles. The van der Waals surface area contributed by atoms with E-state index in [-0.39, 0.29) is 5.91 Å². The van der Waals surface area contributed by atoms with Crippen molar-refractivity contribution in [1.82, 2.24) is 10.3 Å². The summed E-state index contributed by atoms with van der Waals surface area (Å²) in [6.07, 6.45) is 3.51. The Bertz CT molecular complexity index is 716. The van der Waals surface area contributed by atoms with Gasteiger partial charge in [-0.3, -0.25) is 4.79 Å². The van der Waals surface area contributed by atoms with Crippen LogP contribution >= 0.6 is 0 Å². The number of methoxy groups -OCH3 is 1. The smallest absolute Gasteiger partial charge is 0.339 e. The summed E-state index contributed by atoms with van der Waals surface area (Å²) in [5.41, 5.74) is 1.49. The van der Waals surface area contributed by atoms with E-state index in [4.69, 9.17) is 4.74 Å². The van der Waals surface area contributed by atoms with E-state index in [1.165, 1.54) is 7.11 Å². The van der Waals surface area contributed by atoms with Gasteiger partial charge in [-0.15, -0.1) is 0 Å². The monoisotopic (exact) mass is 327 g/mol. The lowest BCUT2D eigenvalue weighted by molar-refractivity contribution is 0.0601. The number of ether oxygens (including phenoxy) is 1. The van der Waals surface area contributed by atoms with Gasteiger partial charge in [0.15, 0.2) is 0 Å². The second kappa shape index (κ2) is 8.67. The first-order valence-corrected chi connectivity index (χ1v) is 7.84. The third-order valence-electron chi connectivity index (χ3n) is 3.43. The number of rotatable bonds is 7. The number of pyridine rings is 1. The molecule has 0 spiro atoms. The first-order chi connectivity index (χ1) is 11.7. The molecular weight excluding hydrogens is 306 g/mol. The predicted molar refractivity (Wildman–Crippen MR) is 92.5 cm³/mol. The molecule has 0 unspecified atom stereocenters. The number of nitrogens with zero attached hydrogens (tertiary/aromatic N) is 1. The lowest BCUT2D eigenvalue weighted by atomic mass is 10.1. The lowest BCUT2D eigenvalue weighted by Crippen LogP contribution is -2.24. The average Bonchev–Trinajstić information content (AvgIpc) is 2.62. The molecule has 2 rings (SSSR count).